The number of hydrogen-bond donors (Lipinski definition) is 0. The molecule has 0 saturated carbocycles. The van der Waals surface area contributed by atoms with Crippen LogP contribution < -0.4 is 0 Å². The highest BCUT2D eigenvalue weighted by atomic mass is 127. The summed E-state index contributed by atoms with van der Waals surface area (Å²) in [4.78, 5) is 3.58. The molecule has 0 spiro atoms. The molecular formula is C4H2ClF2IN2. The molecule has 0 radical (unpaired) electrons. The van der Waals surface area contributed by atoms with Crippen LogP contribution in [-0.4, -0.2) is 9.55 Å². The fraction of sp³-hybridized carbons (Fsp3) is 0.250. The van der Waals surface area contributed by atoms with E-state index in [9.17, 15) is 8.78 Å². The van der Waals surface area contributed by atoms with Crippen molar-refractivity contribution < 1.29 is 8.78 Å². The molecule has 0 fully saturated rings. The summed E-state index contributed by atoms with van der Waals surface area (Å²) in [5.74, 6) is 0. The quantitative estimate of drug-likeness (QED) is 0.722. The van der Waals surface area contributed by atoms with Gasteiger partial charge in [-0.15, -0.1) is 0 Å². The smallest absolute Gasteiger partial charge is 0.262 e. The molecule has 1 rings (SSSR count). The van der Waals surface area contributed by atoms with Crippen LogP contribution >= 0.6 is 34.2 Å². The minimum absolute atomic E-state index is 0.0180. The van der Waals surface area contributed by atoms with E-state index in [4.69, 9.17) is 11.6 Å². The molecule has 0 aliphatic rings. The van der Waals surface area contributed by atoms with Crippen molar-refractivity contribution in [1.29, 1.82) is 0 Å². The van der Waals surface area contributed by atoms with Crippen molar-refractivity contribution in [3.8, 4) is 0 Å². The average Bonchev–Trinajstić information content (AvgIpc) is 2.14. The van der Waals surface area contributed by atoms with Crippen LogP contribution in [0.15, 0.2) is 6.33 Å². The lowest BCUT2D eigenvalue weighted by Crippen LogP contribution is -1.94. The predicted molar refractivity (Wildman–Crippen MR) is 41.2 cm³/mol. The molecule has 2 nitrogen and oxygen atoms in total. The summed E-state index contributed by atoms with van der Waals surface area (Å²) in [6, 6.07) is 0. The van der Waals surface area contributed by atoms with Gasteiger partial charge in [0.05, 0.1) is 0 Å². The van der Waals surface area contributed by atoms with E-state index < -0.39 is 6.55 Å². The van der Waals surface area contributed by atoms with Gasteiger partial charge >= 0.3 is 6.55 Å². The summed E-state index contributed by atoms with van der Waals surface area (Å²) in [5, 5.41) is -0.0180. The lowest BCUT2D eigenvalue weighted by atomic mass is 10.9. The van der Waals surface area contributed by atoms with Crippen LogP contribution in [0.25, 0.3) is 0 Å². The van der Waals surface area contributed by atoms with Crippen LogP contribution in [0.2, 0.25) is 5.15 Å². The summed E-state index contributed by atoms with van der Waals surface area (Å²) in [5.41, 5.74) is 0. The SMILES string of the molecule is FC(F)n1cnc(I)c1Cl. The van der Waals surface area contributed by atoms with Gasteiger partial charge in [0, 0.05) is 0 Å². The standard InChI is InChI=1S/C4H2ClF2IN2/c5-2-3(8)9-1-10(2)4(6)7/h1,4H. The summed E-state index contributed by atoms with van der Waals surface area (Å²) in [6.45, 7) is -2.61. The van der Waals surface area contributed by atoms with Crippen LogP contribution in [0, 0.1) is 3.70 Å². The first-order valence-electron chi connectivity index (χ1n) is 2.29. The third-order valence-corrected chi connectivity index (χ3v) is 2.39. The lowest BCUT2D eigenvalue weighted by Gasteiger charge is -1.98. The van der Waals surface area contributed by atoms with Crippen LogP contribution in [0.3, 0.4) is 0 Å². The van der Waals surface area contributed by atoms with Crippen LogP contribution in [0.5, 0.6) is 0 Å². The van der Waals surface area contributed by atoms with Gasteiger partial charge in [0.25, 0.3) is 0 Å². The van der Waals surface area contributed by atoms with Crippen molar-refractivity contribution in [2.45, 2.75) is 6.55 Å². The Kier molecular flexibility index (Phi) is 2.45. The summed E-state index contributed by atoms with van der Waals surface area (Å²) < 4.78 is 24.7. The molecule has 6 heteroatoms. The molecule has 0 aliphatic carbocycles. The fourth-order valence-corrected chi connectivity index (χ4v) is 1.03. The molecule has 0 N–H and O–H groups in total. The molecule has 0 atom stereocenters. The van der Waals surface area contributed by atoms with Gasteiger partial charge < -0.3 is 0 Å². The maximum Gasteiger partial charge on any atom is 0.320 e. The lowest BCUT2D eigenvalue weighted by molar-refractivity contribution is 0.0704. The Bertz CT molecular complexity index is 237. The van der Waals surface area contributed by atoms with Crippen LogP contribution in [-0.2, 0) is 0 Å². The second kappa shape index (κ2) is 3.00. The average molecular weight is 278 g/mol. The highest BCUT2D eigenvalue weighted by molar-refractivity contribution is 14.1. The fourth-order valence-electron chi connectivity index (χ4n) is 0.459. The Morgan fingerprint density at radius 2 is 2.30 bits per heavy atom. The number of imidazole rings is 1. The summed E-state index contributed by atoms with van der Waals surface area (Å²) in [6.07, 6.45) is 1.01. The number of aromatic nitrogens is 2. The topological polar surface area (TPSA) is 17.8 Å². The number of hydrogen-bond acceptors (Lipinski definition) is 1. The van der Waals surface area contributed by atoms with Gasteiger partial charge in [-0.2, -0.15) is 8.78 Å². The predicted octanol–water partition coefficient (Wildman–Crippen LogP) is 2.54. The van der Waals surface area contributed by atoms with Crippen molar-refractivity contribution >= 4 is 34.2 Å². The van der Waals surface area contributed by atoms with Crippen molar-refractivity contribution in [3.63, 3.8) is 0 Å². The number of nitrogens with zero attached hydrogens (tertiary/aromatic N) is 2. The van der Waals surface area contributed by atoms with Crippen LogP contribution in [0.4, 0.5) is 8.78 Å². The van der Waals surface area contributed by atoms with Gasteiger partial charge in [0.15, 0.2) is 0 Å². The maximum atomic E-state index is 11.9. The first-order valence-corrected chi connectivity index (χ1v) is 3.74. The van der Waals surface area contributed by atoms with Gasteiger partial charge in [-0.1, -0.05) is 11.6 Å². The van der Waals surface area contributed by atoms with Crippen molar-refractivity contribution in [3.05, 3.63) is 15.2 Å². The molecule has 1 aromatic rings. The Labute approximate surface area is 74.3 Å². The van der Waals surface area contributed by atoms with Gasteiger partial charge in [-0.25, -0.2) is 4.98 Å². The van der Waals surface area contributed by atoms with Gasteiger partial charge in [0.1, 0.15) is 15.2 Å². The molecule has 56 valence electrons. The monoisotopic (exact) mass is 278 g/mol. The van der Waals surface area contributed by atoms with E-state index in [1.807, 2.05) is 0 Å². The Hall–Kier alpha value is 0.0900. The van der Waals surface area contributed by atoms with E-state index in [1.165, 1.54) is 0 Å². The minimum Gasteiger partial charge on any atom is -0.262 e. The number of halogens is 4. The van der Waals surface area contributed by atoms with E-state index in [0.29, 0.717) is 8.27 Å². The molecular weight excluding hydrogens is 276 g/mol. The molecule has 0 bridgehead atoms. The summed E-state index contributed by atoms with van der Waals surface area (Å²) >= 11 is 7.20. The van der Waals surface area contributed by atoms with Crippen molar-refractivity contribution in [1.82, 2.24) is 9.55 Å². The van der Waals surface area contributed by atoms with Crippen molar-refractivity contribution in [2.24, 2.45) is 0 Å². The molecule has 0 amide bonds. The Balaban J connectivity index is 3.05. The molecule has 0 saturated heterocycles. The molecule has 0 aliphatic heterocycles. The van der Waals surface area contributed by atoms with Crippen molar-refractivity contribution in [2.75, 3.05) is 0 Å². The van der Waals surface area contributed by atoms with Gasteiger partial charge in [-0.3, -0.25) is 4.57 Å². The van der Waals surface area contributed by atoms with E-state index in [1.54, 1.807) is 22.6 Å². The first kappa shape index (κ1) is 8.19. The van der Waals surface area contributed by atoms with Gasteiger partial charge in [-0.05, 0) is 22.6 Å². The normalized spacial score (nSPS) is 10.9. The molecule has 10 heavy (non-hydrogen) atoms. The van der Waals surface area contributed by atoms with E-state index >= 15 is 0 Å². The van der Waals surface area contributed by atoms with E-state index in [-0.39, 0.29) is 5.15 Å². The Morgan fingerprint density at radius 1 is 1.70 bits per heavy atom. The second-order valence-electron chi connectivity index (χ2n) is 1.51. The summed E-state index contributed by atoms with van der Waals surface area (Å²) in [7, 11) is 0. The second-order valence-corrected chi connectivity index (χ2v) is 2.89. The zero-order valence-corrected chi connectivity index (χ0v) is 7.47. The molecule has 0 unspecified atom stereocenters. The molecule has 1 heterocycles. The number of alkyl halides is 2. The third kappa shape index (κ3) is 1.39. The highest BCUT2D eigenvalue weighted by Crippen LogP contribution is 2.22. The minimum atomic E-state index is -2.61. The third-order valence-electron chi connectivity index (χ3n) is 0.903. The zero-order chi connectivity index (χ0) is 7.72. The Morgan fingerprint density at radius 3 is 2.50 bits per heavy atom. The van der Waals surface area contributed by atoms with Gasteiger partial charge in [0.2, 0.25) is 0 Å². The molecule has 0 aromatic carbocycles. The number of rotatable bonds is 1. The van der Waals surface area contributed by atoms with E-state index in [2.05, 4.69) is 4.98 Å². The maximum absolute atomic E-state index is 11.9. The van der Waals surface area contributed by atoms with E-state index in [0.717, 1.165) is 6.33 Å². The molecule has 1 aromatic heterocycles. The van der Waals surface area contributed by atoms with Crippen LogP contribution in [0.1, 0.15) is 6.55 Å². The zero-order valence-electron chi connectivity index (χ0n) is 4.56. The first-order chi connectivity index (χ1) is 4.63. The highest BCUT2D eigenvalue weighted by Gasteiger charge is 2.12. The largest absolute Gasteiger partial charge is 0.320 e.